The number of hydrazone groups is 1. The van der Waals surface area contributed by atoms with Crippen LogP contribution in [0.3, 0.4) is 0 Å². The fourth-order valence-electron chi connectivity index (χ4n) is 2.03. The summed E-state index contributed by atoms with van der Waals surface area (Å²) in [5.41, 5.74) is 4.30. The number of hydrogen-bond donors (Lipinski definition) is 2. The van der Waals surface area contributed by atoms with Crippen LogP contribution >= 0.6 is 0 Å². The van der Waals surface area contributed by atoms with E-state index in [2.05, 4.69) is 10.5 Å². The lowest BCUT2D eigenvalue weighted by Crippen LogP contribution is -2.21. The number of nitrogens with one attached hydrogen (secondary N) is 1. The molecule has 22 heavy (non-hydrogen) atoms. The molecule has 0 fully saturated rings. The van der Waals surface area contributed by atoms with Crippen LogP contribution in [0.2, 0.25) is 0 Å². The number of aryl methyl sites for hydroxylation is 1. The molecule has 4 nitrogen and oxygen atoms in total. The van der Waals surface area contributed by atoms with Crippen LogP contribution in [0.5, 0.6) is 5.75 Å². The quantitative estimate of drug-likeness (QED) is 0.671. The largest absolute Gasteiger partial charge is 0.507 e. The zero-order valence-electron chi connectivity index (χ0n) is 12.4. The Hall–Kier alpha value is -2.69. The number of amides is 1. The predicted octanol–water partition coefficient (Wildman–Crippen LogP) is 3.38. The number of nitrogens with zero attached hydrogens (tertiary/aromatic N) is 1. The molecule has 0 aliphatic carbocycles. The number of benzene rings is 2. The predicted molar refractivity (Wildman–Crippen MR) is 83.5 cm³/mol. The first kappa shape index (κ1) is 15.7. The zero-order chi connectivity index (χ0) is 16.1. The van der Waals surface area contributed by atoms with Gasteiger partial charge in [-0.1, -0.05) is 30.7 Å². The van der Waals surface area contributed by atoms with Crippen LogP contribution in [0.15, 0.2) is 47.6 Å². The van der Waals surface area contributed by atoms with Gasteiger partial charge in [0.05, 0.1) is 11.3 Å². The second kappa shape index (κ2) is 6.85. The van der Waals surface area contributed by atoms with Crippen molar-refractivity contribution in [2.45, 2.75) is 20.3 Å². The smallest absolute Gasteiger partial charge is 0.274 e. The lowest BCUT2D eigenvalue weighted by Gasteiger charge is -2.08. The minimum atomic E-state index is -0.629. The van der Waals surface area contributed by atoms with E-state index in [-0.39, 0.29) is 11.3 Å². The summed E-state index contributed by atoms with van der Waals surface area (Å²) < 4.78 is 13.5. The molecule has 0 saturated heterocycles. The second-order valence-corrected chi connectivity index (χ2v) is 4.85. The number of carbonyl (C=O) groups is 1. The first-order valence-electron chi connectivity index (χ1n) is 6.94. The van der Waals surface area contributed by atoms with E-state index in [1.165, 1.54) is 18.2 Å². The molecular formula is C17H17FN2O2. The SMILES string of the molecule is CC/C(=N\NC(=O)c1ccccc1F)c1cc(C)ccc1O. The van der Waals surface area contributed by atoms with Gasteiger partial charge >= 0.3 is 0 Å². The molecular weight excluding hydrogens is 283 g/mol. The maximum absolute atomic E-state index is 13.5. The van der Waals surface area contributed by atoms with Gasteiger partial charge in [0.25, 0.3) is 5.91 Å². The van der Waals surface area contributed by atoms with Crippen LogP contribution in [0.1, 0.15) is 34.8 Å². The fraction of sp³-hybridized carbons (Fsp3) is 0.176. The number of hydrogen-bond acceptors (Lipinski definition) is 3. The average Bonchev–Trinajstić information content (AvgIpc) is 2.51. The molecule has 0 heterocycles. The summed E-state index contributed by atoms with van der Waals surface area (Å²) in [6, 6.07) is 10.8. The molecule has 0 aromatic heterocycles. The molecule has 1 amide bonds. The van der Waals surface area contributed by atoms with Gasteiger partial charge in [0.2, 0.25) is 0 Å². The molecule has 0 saturated carbocycles. The number of phenols is 1. The van der Waals surface area contributed by atoms with Gasteiger partial charge in [0.15, 0.2) is 0 Å². The van der Waals surface area contributed by atoms with Crippen molar-refractivity contribution in [1.29, 1.82) is 0 Å². The summed E-state index contributed by atoms with van der Waals surface area (Å²) in [5.74, 6) is -1.14. The Labute approximate surface area is 128 Å². The first-order chi connectivity index (χ1) is 10.5. The highest BCUT2D eigenvalue weighted by Gasteiger charge is 2.12. The highest BCUT2D eigenvalue weighted by molar-refractivity contribution is 6.04. The Morgan fingerprint density at radius 2 is 1.95 bits per heavy atom. The van der Waals surface area contributed by atoms with Gasteiger partial charge in [-0.15, -0.1) is 0 Å². The summed E-state index contributed by atoms with van der Waals surface area (Å²) in [5, 5.41) is 13.9. The van der Waals surface area contributed by atoms with Crippen molar-refractivity contribution in [3.05, 3.63) is 65.0 Å². The topological polar surface area (TPSA) is 61.7 Å². The number of phenolic OH excluding ortho intramolecular Hbond substituents is 1. The van der Waals surface area contributed by atoms with Crippen molar-refractivity contribution in [3.8, 4) is 5.75 Å². The third kappa shape index (κ3) is 3.49. The van der Waals surface area contributed by atoms with Crippen LogP contribution in [0.4, 0.5) is 4.39 Å². The lowest BCUT2D eigenvalue weighted by molar-refractivity contribution is 0.0950. The van der Waals surface area contributed by atoms with E-state index in [1.54, 1.807) is 24.3 Å². The Bertz CT molecular complexity index is 726. The summed E-state index contributed by atoms with van der Waals surface area (Å²) >= 11 is 0. The minimum Gasteiger partial charge on any atom is -0.507 e. The van der Waals surface area contributed by atoms with Gasteiger partial charge in [-0.3, -0.25) is 4.79 Å². The minimum absolute atomic E-state index is 0.0739. The molecule has 0 aliphatic rings. The van der Waals surface area contributed by atoms with Crippen molar-refractivity contribution in [2.24, 2.45) is 5.10 Å². The fourth-order valence-corrected chi connectivity index (χ4v) is 2.03. The molecule has 0 unspecified atom stereocenters. The molecule has 0 atom stereocenters. The Kier molecular flexibility index (Phi) is 4.88. The average molecular weight is 300 g/mol. The monoisotopic (exact) mass is 300 g/mol. The van der Waals surface area contributed by atoms with E-state index in [0.29, 0.717) is 17.7 Å². The standard InChI is InChI=1S/C17H17FN2O2/c1-3-15(13-10-11(2)8-9-16(13)21)19-20-17(22)12-6-4-5-7-14(12)18/h4-10,21H,3H2,1-2H3,(H,20,22)/b19-15+. The van der Waals surface area contributed by atoms with Crippen LogP contribution in [0.25, 0.3) is 0 Å². The zero-order valence-corrected chi connectivity index (χ0v) is 12.4. The Balaban J connectivity index is 2.25. The van der Waals surface area contributed by atoms with Crippen LogP contribution < -0.4 is 5.43 Å². The molecule has 2 aromatic carbocycles. The van der Waals surface area contributed by atoms with Gasteiger partial charge in [-0.2, -0.15) is 5.10 Å². The molecule has 2 N–H and O–H groups in total. The van der Waals surface area contributed by atoms with Crippen molar-refractivity contribution < 1.29 is 14.3 Å². The third-order valence-corrected chi connectivity index (χ3v) is 3.21. The molecule has 0 radical (unpaired) electrons. The Morgan fingerprint density at radius 3 is 2.64 bits per heavy atom. The van der Waals surface area contributed by atoms with E-state index < -0.39 is 11.7 Å². The number of carbonyl (C=O) groups excluding carboxylic acids is 1. The molecule has 114 valence electrons. The van der Waals surface area contributed by atoms with Crippen molar-refractivity contribution in [1.82, 2.24) is 5.43 Å². The highest BCUT2D eigenvalue weighted by Crippen LogP contribution is 2.20. The molecule has 0 aliphatic heterocycles. The molecule has 0 bridgehead atoms. The summed E-state index contributed by atoms with van der Waals surface area (Å²) in [4.78, 5) is 11.9. The number of rotatable bonds is 4. The molecule has 2 aromatic rings. The maximum atomic E-state index is 13.5. The van der Waals surface area contributed by atoms with Crippen LogP contribution in [-0.4, -0.2) is 16.7 Å². The van der Waals surface area contributed by atoms with E-state index in [1.807, 2.05) is 13.8 Å². The van der Waals surface area contributed by atoms with Gasteiger partial charge in [-0.05, 0) is 37.6 Å². The van der Waals surface area contributed by atoms with Gasteiger partial charge in [0, 0.05) is 5.56 Å². The van der Waals surface area contributed by atoms with E-state index >= 15 is 0 Å². The van der Waals surface area contributed by atoms with Gasteiger partial charge in [-0.25, -0.2) is 9.82 Å². The summed E-state index contributed by atoms with van der Waals surface area (Å²) in [7, 11) is 0. The van der Waals surface area contributed by atoms with E-state index in [4.69, 9.17) is 0 Å². The normalized spacial score (nSPS) is 11.3. The maximum Gasteiger partial charge on any atom is 0.274 e. The van der Waals surface area contributed by atoms with Gasteiger partial charge < -0.3 is 5.11 Å². The number of aromatic hydroxyl groups is 1. The summed E-state index contributed by atoms with van der Waals surface area (Å²) in [6.45, 7) is 3.75. The third-order valence-electron chi connectivity index (χ3n) is 3.21. The van der Waals surface area contributed by atoms with Crippen molar-refractivity contribution in [3.63, 3.8) is 0 Å². The molecule has 2 rings (SSSR count). The van der Waals surface area contributed by atoms with Crippen LogP contribution in [-0.2, 0) is 0 Å². The van der Waals surface area contributed by atoms with Crippen molar-refractivity contribution in [2.75, 3.05) is 0 Å². The summed E-state index contributed by atoms with van der Waals surface area (Å²) in [6.07, 6.45) is 0.508. The van der Waals surface area contributed by atoms with Crippen molar-refractivity contribution >= 4 is 11.6 Å². The van der Waals surface area contributed by atoms with Crippen LogP contribution in [0, 0.1) is 12.7 Å². The van der Waals surface area contributed by atoms with Gasteiger partial charge in [0.1, 0.15) is 11.6 Å². The van der Waals surface area contributed by atoms with E-state index in [0.717, 1.165) is 5.56 Å². The highest BCUT2D eigenvalue weighted by atomic mass is 19.1. The lowest BCUT2D eigenvalue weighted by atomic mass is 10.0. The number of halogens is 1. The first-order valence-corrected chi connectivity index (χ1v) is 6.94. The molecule has 5 heteroatoms. The molecule has 0 spiro atoms. The Morgan fingerprint density at radius 1 is 1.23 bits per heavy atom. The van der Waals surface area contributed by atoms with E-state index in [9.17, 15) is 14.3 Å². The second-order valence-electron chi connectivity index (χ2n) is 4.85.